The van der Waals surface area contributed by atoms with Gasteiger partial charge in [0.2, 0.25) is 10.0 Å². The van der Waals surface area contributed by atoms with E-state index in [0.29, 0.717) is 18.9 Å². The summed E-state index contributed by atoms with van der Waals surface area (Å²) in [6, 6.07) is 3.67. The van der Waals surface area contributed by atoms with Gasteiger partial charge in [0.05, 0.1) is 13.2 Å². The molecule has 0 bridgehead atoms. The second kappa shape index (κ2) is 6.56. The van der Waals surface area contributed by atoms with Crippen LogP contribution in [0.2, 0.25) is 0 Å². The summed E-state index contributed by atoms with van der Waals surface area (Å²) in [5, 5.41) is 0. The Bertz CT molecular complexity index is 636. The van der Waals surface area contributed by atoms with Crippen molar-refractivity contribution in [3.8, 4) is 5.75 Å². The lowest BCUT2D eigenvalue weighted by Crippen LogP contribution is -2.32. The molecule has 1 aromatic rings. The number of hydrogen-bond acceptors (Lipinski definition) is 4. The Morgan fingerprint density at radius 2 is 1.95 bits per heavy atom. The molecule has 0 aromatic heterocycles. The number of nitrogens with one attached hydrogen (secondary N) is 1. The quantitative estimate of drug-likeness (QED) is 0.900. The van der Waals surface area contributed by atoms with Crippen LogP contribution in [0.3, 0.4) is 0 Å². The van der Waals surface area contributed by atoms with Crippen LogP contribution in [0.5, 0.6) is 5.75 Å². The highest BCUT2D eigenvalue weighted by Crippen LogP contribution is 2.31. The van der Waals surface area contributed by atoms with E-state index in [9.17, 15) is 8.42 Å². The molecule has 0 saturated carbocycles. The van der Waals surface area contributed by atoms with Crippen LogP contribution in [-0.4, -0.2) is 34.8 Å². The van der Waals surface area contributed by atoms with Gasteiger partial charge in [-0.25, -0.2) is 13.1 Å². The van der Waals surface area contributed by atoms with Gasteiger partial charge in [0, 0.05) is 13.2 Å². The SMILES string of the molecule is COc1cc2c(cc1S(=O)(=O)NC[C@@H]1CCCO1)CCCC2. The van der Waals surface area contributed by atoms with Crippen molar-refractivity contribution < 1.29 is 17.9 Å². The number of fused-ring (bicyclic) bond motifs is 1. The number of sulfonamides is 1. The molecule has 1 saturated heterocycles. The van der Waals surface area contributed by atoms with E-state index < -0.39 is 10.0 Å². The molecule has 1 aliphatic carbocycles. The van der Waals surface area contributed by atoms with Crippen LogP contribution in [0.4, 0.5) is 0 Å². The van der Waals surface area contributed by atoms with E-state index >= 15 is 0 Å². The second-order valence-corrected chi connectivity index (χ2v) is 7.70. The van der Waals surface area contributed by atoms with Gasteiger partial charge < -0.3 is 9.47 Å². The van der Waals surface area contributed by atoms with Gasteiger partial charge in [-0.3, -0.25) is 0 Å². The van der Waals surface area contributed by atoms with Crippen molar-refractivity contribution in [2.45, 2.75) is 49.5 Å². The fourth-order valence-electron chi connectivity index (χ4n) is 3.20. The summed E-state index contributed by atoms with van der Waals surface area (Å²) in [4.78, 5) is 0.244. The summed E-state index contributed by atoms with van der Waals surface area (Å²) in [6.07, 6.45) is 6.08. The molecule has 1 atom stereocenters. The molecule has 5 nitrogen and oxygen atoms in total. The predicted octanol–water partition coefficient (Wildman–Crippen LogP) is 2.03. The molecule has 1 N–H and O–H groups in total. The lowest BCUT2D eigenvalue weighted by molar-refractivity contribution is 0.114. The minimum Gasteiger partial charge on any atom is -0.495 e. The molecule has 1 aliphatic heterocycles. The van der Waals surface area contributed by atoms with Crippen LogP contribution < -0.4 is 9.46 Å². The molecule has 122 valence electrons. The van der Waals surface area contributed by atoms with Gasteiger partial charge in [-0.1, -0.05) is 0 Å². The van der Waals surface area contributed by atoms with Crippen LogP contribution in [-0.2, 0) is 27.6 Å². The lowest BCUT2D eigenvalue weighted by Gasteiger charge is -2.20. The van der Waals surface area contributed by atoms with E-state index in [4.69, 9.17) is 9.47 Å². The van der Waals surface area contributed by atoms with Crippen molar-refractivity contribution >= 4 is 10.0 Å². The molecule has 0 radical (unpaired) electrons. The third kappa shape index (κ3) is 3.29. The Balaban J connectivity index is 1.84. The van der Waals surface area contributed by atoms with E-state index in [1.54, 1.807) is 6.07 Å². The van der Waals surface area contributed by atoms with Crippen molar-refractivity contribution in [3.63, 3.8) is 0 Å². The number of hydrogen-bond donors (Lipinski definition) is 1. The Morgan fingerprint density at radius 1 is 1.23 bits per heavy atom. The molecular weight excluding hydrogens is 302 g/mol. The molecule has 2 aliphatic rings. The Kier molecular flexibility index (Phi) is 4.70. The predicted molar refractivity (Wildman–Crippen MR) is 83.8 cm³/mol. The van der Waals surface area contributed by atoms with Crippen LogP contribution >= 0.6 is 0 Å². The number of rotatable bonds is 5. The Labute approximate surface area is 132 Å². The zero-order chi connectivity index (χ0) is 15.6. The summed E-state index contributed by atoms with van der Waals surface area (Å²) in [5.74, 6) is 0.431. The summed E-state index contributed by atoms with van der Waals surface area (Å²) < 4.78 is 38.7. The lowest BCUT2D eigenvalue weighted by atomic mass is 9.92. The van der Waals surface area contributed by atoms with E-state index in [1.165, 1.54) is 12.7 Å². The Hall–Kier alpha value is -1.11. The maximum atomic E-state index is 12.6. The van der Waals surface area contributed by atoms with Crippen molar-refractivity contribution in [2.75, 3.05) is 20.3 Å². The zero-order valence-corrected chi connectivity index (χ0v) is 13.7. The number of methoxy groups -OCH3 is 1. The zero-order valence-electron chi connectivity index (χ0n) is 12.9. The van der Waals surface area contributed by atoms with Crippen molar-refractivity contribution in [1.82, 2.24) is 4.72 Å². The topological polar surface area (TPSA) is 64.6 Å². The van der Waals surface area contributed by atoms with Gasteiger partial charge in [0.25, 0.3) is 0 Å². The second-order valence-electron chi connectivity index (χ2n) is 5.97. The van der Waals surface area contributed by atoms with Crippen molar-refractivity contribution in [2.24, 2.45) is 0 Å². The highest BCUT2D eigenvalue weighted by Gasteiger charge is 2.25. The molecule has 0 amide bonds. The van der Waals surface area contributed by atoms with E-state index in [2.05, 4.69) is 4.72 Å². The summed E-state index contributed by atoms with van der Waals surface area (Å²) >= 11 is 0. The van der Waals surface area contributed by atoms with Gasteiger partial charge in [-0.2, -0.15) is 0 Å². The molecule has 0 unspecified atom stereocenters. The normalized spacial score (nSPS) is 21.6. The first-order chi connectivity index (χ1) is 10.6. The Morgan fingerprint density at radius 3 is 2.59 bits per heavy atom. The fourth-order valence-corrected chi connectivity index (χ4v) is 4.46. The first kappa shape index (κ1) is 15.8. The molecule has 22 heavy (non-hydrogen) atoms. The number of aryl methyl sites for hydroxylation is 2. The highest BCUT2D eigenvalue weighted by atomic mass is 32.2. The van der Waals surface area contributed by atoms with Crippen LogP contribution in [0.25, 0.3) is 0 Å². The average molecular weight is 325 g/mol. The van der Waals surface area contributed by atoms with Gasteiger partial charge >= 0.3 is 0 Å². The number of ether oxygens (including phenoxy) is 2. The smallest absolute Gasteiger partial charge is 0.244 e. The first-order valence-electron chi connectivity index (χ1n) is 7.91. The largest absolute Gasteiger partial charge is 0.495 e. The van der Waals surface area contributed by atoms with E-state index in [1.807, 2.05) is 6.07 Å². The first-order valence-corrected chi connectivity index (χ1v) is 9.39. The molecule has 1 fully saturated rings. The van der Waals surface area contributed by atoms with E-state index in [-0.39, 0.29) is 11.0 Å². The van der Waals surface area contributed by atoms with Gasteiger partial charge in [0.15, 0.2) is 0 Å². The van der Waals surface area contributed by atoms with Crippen LogP contribution in [0, 0.1) is 0 Å². The minimum atomic E-state index is -3.58. The van der Waals surface area contributed by atoms with E-state index in [0.717, 1.165) is 44.1 Å². The summed E-state index contributed by atoms with van der Waals surface area (Å²) in [7, 11) is -2.06. The third-order valence-corrected chi connectivity index (χ3v) is 5.89. The highest BCUT2D eigenvalue weighted by molar-refractivity contribution is 7.89. The summed E-state index contributed by atoms with van der Waals surface area (Å²) in [5.41, 5.74) is 2.34. The maximum Gasteiger partial charge on any atom is 0.244 e. The monoisotopic (exact) mass is 325 g/mol. The third-order valence-electron chi connectivity index (χ3n) is 4.44. The van der Waals surface area contributed by atoms with Crippen molar-refractivity contribution in [1.29, 1.82) is 0 Å². The fraction of sp³-hybridized carbons (Fsp3) is 0.625. The molecule has 6 heteroatoms. The van der Waals surface area contributed by atoms with Gasteiger partial charge in [0.1, 0.15) is 10.6 Å². The maximum absolute atomic E-state index is 12.6. The average Bonchev–Trinajstić information content (AvgIpc) is 3.05. The molecular formula is C16H23NO4S. The summed E-state index contributed by atoms with van der Waals surface area (Å²) in [6.45, 7) is 1.04. The molecule has 3 rings (SSSR count). The standard InChI is InChI=1S/C16H23NO4S/c1-20-15-9-12-5-2-3-6-13(12)10-16(15)22(18,19)17-11-14-7-4-8-21-14/h9-10,14,17H,2-8,11H2,1H3/t14-/m0/s1. The van der Waals surface area contributed by atoms with Crippen molar-refractivity contribution in [3.05, 3.63) is 23.3 Å². The molecule has 1 aromatic carbocycles. The van der Waals surface area contributed by atoms with Gasteiger partial charge in [-0.15, -0.1) is 0 Å². The number of benzene rings is 1. The molecule has 1 heterocycles. The van der Waals surface area contributed by atoms with Crippen LogP contribution in [0.1, 0.15) is 36.8 Å². The van der Waals surface area contributed by atoms with Gasteiger partial charge in [-0.05, 0) is 61.8 Å². The van der Waals surface area contributed by atoms with Crippen LogP contribution in [0.15, 0.2) is 17.0 Å². The minimum absolute atomic E-state index is 0.0154. The molecule has 0 spiro atoms.